The van der Waals surface area contributed by atoms with Crippen molar-refractivity contribution in [3.63, 3.8) is 0 Å². The Balaban J connectivity index is 0.00000121. The Morgan fingerprint density at radius 2 is 1.35 bits per heavy atom. The van der Waals surface area contributed by atoms with Gasteiger partial charge in [0.2, 0.25) is 17.7 Å². The lowest BCUT2D eigenvalue weighted by Gasteiger charge is -2.23. The van der Waals surface area contributed by atoms with Crippen LogP contribution < -0.4 is 32.3 Å². The Morgan fingerprint density at radius 1 is 0.808 bits per heavy atom. The Labute approximate surface area is 305 Å². The fourth-order valence-electron chi connectivity index (χ4n) is 4.36. The number of nitrogens with zero attached hydrogens (tertiary/aromatic N) is 1. The fraction of sp³-hybridized carbons (Fsp3) is 0.294. The second kappa shape index (κ2) is 22.2. The minimum Gasteiger partial charge on any atom is -0.508 e. The molecule has 1 atom stereocenters. The first-order valence-corrected chi connectivity index (χ1v) is 16.8. The number of benzene rings is 3. The van der Waals surface area contributed by atoms with Gasteiger partial charge in [0.05, 0.1) is 11.2 Å². The van der Waals surface area contributed by atoms with Gasteiger partial charge in [-0.05, 0) is 41.7 Å². The molecule has 0 aliphatic carbocycles. The zero-order chi connectivity index (χ0) is 38.5. The molecule has 0 saturated carbocycles. The number of amides is 5. The number of guanidine groups is 1. The smallest absolute Gasteiger partial charge is 0.490 e. The lowest BCUT2D eigenvalue weighted by molar-refractivity contribution is -0.192. The molecule has 0 radical (unpaired) electrons. The molecule has 0 spiro atoms. The Kier molecular flexibility index (Phi) is 18.2. The third kappa shape index (κ3) is 16.4. The van der Waals surface area contributed by atoms with Crippen LogP contribution in [0.1, 0.15) is 35.4 Å². The number of carbonyl (C=O) groups excluding carboxylic acids is 4. The highest BCUT2D eigenvalue weighted by Crippen LogP contribution is 2.25. The first-order valence-electron chi connectivity index (χ1n) is 15.6. The van der Waals surface area contributed by atoms with E-state index in [1.165, 1.54) is 12.1 Å². The van der Waals surface area contributed by atoms with E-state index in [4.69, 9.17) is 15.6 Å². The average Bonchev–Trinajstić information content (AvgIpc) is 3.11. The van der Waals surface area contributed by atoms with Crippen LogP contribution in [0.2, 0.25) is 0 Å². The van der Waals surface area contributed by atoms with Gasteiger partial charge in [0, 0.05) is 26.2 Å². The summed E-state index contributed by atoms with van der Waals surface area (Å²) in [5.74, 6) is -4.28. The first-order chi connectivity index (χ1) is 24.7. The van der Waals surface area contributed by atoms with Crippen molar-refractivity contribution in [2.75, 3.05) is 25.0 Å². The fourth-order valence-corrected chi connectivity index (χ4v) is 4.55. The van der Waals surface area contributed by atoms with Crippen molar-refractivity contribution in [2.45, 2.75) is 37.5 Å². The number of hydrogen-bond donors (Lipinski definition) is 8. The molecule has 0 fully saturated rings. The van der Waals surface area contributed by atoms with Crippen molar-refractivity contribution < 1.29 is 47.4 Å². The van der Waals surface area contributed by atoms with Gasteiger partial charge in [0.15, 0.2) is 5.96 Å². The zero-order valence-electron chi connectivity index (χ0n) is 27.7. The number of carbonyl (C=O) groups is 5. The Morgan fingerprint density at radius 3 is 1.87 bits per heavy atom. The van der Waals surface area contributed by atoms with Crippen LogP contribution >= 0.6 is 15.9 Å². The molecule has 0 aromatic heterocycles. The van der Waals surface area contributed by atoms with Gasteiger partial charge < -0.3 is 37.2 Å². The summed E-state index contributed by atoms with van der Waals surface area (Å²) in [5.41, 5.74) is 8.19. The maximum atomic E-state index is 13.7. The number of nitrogens with two attached hydrogens (primary N) is 1. The molecular weight excluding hydrogens is 755 g/mol. The molecule has 3 aromatic rings. The number of halogens is 4. The number of aliphatic imine (C=N–C) groups is 1. The largest absolute Gasteiger partial charge is 0.508 e. The highest BCUT2D eigenvalue weighted by Gasteiger charge is 2.38. The Bertz CT molecular complexity index is 1590. The number of aromatic hydroxyl groups is 1. The summed E-state index contributed by atoms with van der Waals surface area (Å²) < 4.78 is 31.7. The normalized spacial score (nSPS) is 11.7. The van der Waals surface area contributed by atoms with Gasteiger partial charge in [0.1, 0.15) is 11.8 Å². The van der Waals surface area contributed by atoms with Gasteiger partial charge in [-0.25, -0.2) is 9.59 Å². The van der Waals surface area contributed by atoms with Crippen molar-refractivity contribution >= 4 is 51.6 Å². The molecule has 52 heavy (non-hydrogen) atoms. The van der Waals surface area contributed by atoms with Crippen LogP contribution in [0, 0.1) is 0 Å². The monoisotopic (exact) mass is 793 g/mol. The number of rotatable bonds is 15. The number of phenols is 1. The van der Waals surface area contributed by atoms with E-state index in [0.29, 0.717) is 6.42 Å². The topological polar surface area (TPSA) is 224 Å². The van der Waals surface area contributed by atoms with E-state index in [1.807, 2.05) is 60.7 Å². The van der Waals surface area contributed by atoms with Gasteiger partial charge >= 0.3 is 18.2 Å². The van der Waals surface area contributed by atoms with E-state index in [9.17, 15) is 37.5 Å². The van der Waals surface area contributed by atoms with Crippen LogP contribution in [-0.4, -0.2) is 83.1 Å². The molecule has 9 N–H and O–H groups in total. The van der Waals surface area contributed by atoms with Gasteiger partial charge in [-0.2, -0.15) is 13.2 Å². The summed E-state index contributed by atoms with van der Waals surface area (Å²) >= 11 is 3.04. The van der Waals surface area contributed by atoms with E-state index in [-0.39, 0.29) is 67.4 Å². The number of hydrogen-bond acceptors (Lipinski definition) is 7. The molecule has 0 bridgehead atoms. The average molecular weight is 795 g/mol. The first kappa shape index (κ1) is 42.5. The van der Waals surface area contributed by atoms with Gasteiger partial charge in [-0.1, -0.05) is 88.7 Å². The third-order valence-electron chi connectivity index (χ3n) is 6.84. The summed E-state index contributed by atoms with van der Waals surface area (Å²) in [5, 5.41) is 30.2. The highest BCUT2D eigenvalue weighted by molar-refractivity contribution is 9.09. The van der Waals surface area contributed by atoms with Gasteiger partial charge in [-0.3, -0.25) is 24.7 Å². The number of carboxylic acids is 1. The van der Waals surface area contributed by atoms with Crippen LogP contribution in [0.5, 0.6) is 5.75 Å². The van der Waals surface area contributed by atoms with E-state index in [1.54, 1.807) is 12.1 Å². The van der Waals surface area contributed by atoms with E-state index in [2.05, 4.69) is 47.5 Å². The molecule has 5 amide bonds. The van der Waals surface area contributed by atoms with E-state index >= 15 is 0 Å². The van der Waals surface area contributed by atoms with Crippen molar-refractivity contribution in [3.05, 3.63) is 102 Å². The number of carboxylic acid groups (broad SMARTS) is 1. The lowest BCUT2D eigenvalue weighted by atomic mass is 9.90. The van der Waals surface area contributed by atoms with Crippen LogP contribution in [0.3, 0.4) is 0 Å². The molecule has 0 heterocycles. The van der Waals surface area contributed by atoms with E-state index < -0.39 is 30.1 Å². The molecule has 0 unspecified atom stereocenters. The van der Waals surface area contributed by atoms with Crippen LogP contribution in [-0.2, 0) is 25.7 Å². The molecule has 3 aromatic carbocycles. The number of alkyl halides is 4. The number of aliphatic carboxylic acids is 1. The third-order valence-corrected chi connectivity index (χ3v) is 7.34. The number of urea groups is 1. The zero-order valence-corrected chi connectivity index (χ0v) is 29.2. The van der Waals surface area contributed by atoms with Gasteiger partial charge in [-0.15, -0.1) is 0 Å². The minimum atomic E-state index is -5.08. The quantitative estimate of drug-likeness (QED) is 0.0493. The van der Waals surface area contributed by atoms with Gasteiger partial charge in [0.25, 0.3) is 0 Å². The van der Waals surface area contributed by atoms with Crippen LogP contribution in [0.4, 0.5) is 18.0 Å². The molecule has 0 aliphatic rings. The highest BCUT2D eigenvalue weighted by atomic mass is 79.9. The molecule has 3 rings (SSSR count). The predicted octanol–water partition coefficient (Wildman–Crippen LogP) is 2.86. The molecule has 14 nitrogen and oxygen atoms in total. The maximum Gasteiger partial charge on any atom is 0.490 e. The summed E-state index contributed by atoms with van der Waals surface area (Å²) in [7, 11) is 0. The molecule has 18 heteroatoms. The molecule has 280 valence electrons. The summed E-state index contributed by atoms with van der Waals surface area (Å²) in [4.78, 5) is 63.4. The number of nitrogens with one attached hydrogen (secondary N) is 5. The maximum absolute atomic E-state index is 13.7. The predicted molar refractivity (Wildman–Crippen MR) is 189 cm³/mol. The Hall–Kier alpha value is -5.65. The minimum absolute atomic E-state index is 0.109. The SMILES string of the molecule is NC(=NCCC[C@@H](NC(=O)C(c1ccccc1)c1ccccc1)C(=O)NCc1ccc(O)cc1)NC(=O)NCCNC(=O)CBr.O=C(O)C(F)(F)F. The standard InChI is InChI=1S/C32H38BrN7O5.C2HF3O2/c33-20-27(42)35-18-19-37-32(45)40-31(34)36-17-7-12-26(29(43)38-21-22-13-15-25(41)16-14-22)39-30(44)28(23-8-3-1-4-9-23)24-10-5-2-6-11-24;3-2(4,5)1(6)7/h1-6,8-11,13-16,26,28,41H,7,12,17-21H2,(H,35,42)(H,38,43)(H,39,44)(H4,34,36,37,40,45);(H,6,7)/t26-;/m1./s1. The second-order valence-electron chi connectivity index (χ2n) is 10.8. The van der Waals surface area contributed by atoms with Crippen LogP contribution in [0.25, 0.3) is 0 Å². The second-order valence-corrected chi connectivity index (χ2v) is 11.3. The summed E-state index contributed by atoms with van der Waals surface area (Å²) in [6.07, 6.45) is -4.46. The van der Waals surface area contributed by atoms with Crippen molar-refractivity contribution in [3.8, 4) is 5.75 Å². The molecular formula is C34H39BrF3N7O7. The van der Waals surface area contributed by atoms with Crippen molar-refractivity contribution in [2.24, 2.45) is 10.7 Å². The lowest BCUT2D eigenvalue weighted by Crippen LogP contribution is -2.48. The molecule has 0 aliphatic heterocycles. The summed E-state index contributed by atoms with van der Waals surface area (Å²) in [6.45, 7) is 0.847. The number of phenolic OH excluding ortho intramolecular Hbond substituents is 1. The van der Waals surface area contributed by atoms with Crippen LogP contribution in [0.15, 0.2) is 89.9 Å². The van der Waals surface area contributed by atoms with Crippen molar-refractivity contribution in [1.29, 1.82) is 0 Å². The molecule has 0 saturated heterocycles. The van der Waals surface area contributed by atoms with Crippen molar-refractivity contribution in [1.82, 2.24) is 26.6 Å². The summed E-state index contributed by atoms with van der Waals surface area (Å²) in [6, 6.07) is 23.7. The van der Waals surface area contributed by atoms with E-state index in [0.717, 1.165) is 16.7 Å².